The van der Waals surface area contributed by atoms with Crippen LogP contribution in [0.5, 0.6) is 0 Å². The van der Waals surface area contributed by atoms with Crippen LogP contribution in [0.15, 0.2) is 47.1 Å². The SMILES string of the molecule is CC(NC(=O)c1ccco1)C(=O)NCc1nc2ccccc2[nH]1. The average molecular weight is 312 g/mol. The van der Waals surface area contributed by atoms with Crippen molar-refractivity contribution in [3.63, 3.8) is 0 Å². The summed E-state index contributed by atoms with van der Waals surface area (Å²) in [5.74, 6) is 0.0952. The monoisotopic (exact) mass is 312 g/mol. The Morgan fingerprint density at radius 1 is 1.26 bits per heavy atom. The fourth-order valence-corrected chi connectivity index (χ4v) is 2.15. The summed E-state index contributed by atoms with van der Waals surface area (Å²) in [5.41, 5.74) is 1.76. The van der Waals surface area contributed by atoms with Crippen LogP contribution in [-0.2, 0) is 11.3 Å². The molecule has 1 atom stereocenters. The van der Waals surface area contributed by atoms with Crippen molar-refractivity contribution in [3.8, 4) is 0 Å². The van der Waals surface area contributed by atoms with Gasteiger partial charge in [-0.3, -0.25) is 9.59 Å². The minimum atomic E-state index is -0.683. The van der Waals surface area contributed by atoms with Gasteiger partial charge >= 0.3 is 0 Å². The summed E-state index contributed by atoms with van der Waals surface area (Å²) >= 11 is 0. The molecular formula is C16H16N4O3. The molecule has 0 aliphatic rings. The lowest BCUT2D eigenvalue weighted by Gasteiger charge is -2.12. The van der Waals surface area contributed by atoms with Gasteiger partial charge < -0.3 is 20.0 Å². The smallest absolute Gasteiger partial charge is 0.287 e. The summed E-state index contributed by atoms with van der Waals surface area (Å²) in [6.45, 7) is 1.86. The normalized spacial score (nSPS) is 12.0. The minimum absolute atomic E-state index is 0.168. The summed E-state index contributed by atoms with van der Waals surface area (Å²) in [6.07, 6.45) is 1.40. The van der Waals surface area contributed by atoms with Gasteiger partial charge in [0.05, 0.1) is 23.8 Å². The van der Waals surface area contributed by atoms with Crippen molar-refractivity contribution < 1.29 is 14.0 Å². The maximum absolute atomic E-state index is 12.0. The predicted molar refractivity (Wildman–Crippen MR) is 83.6 cm³/mol. The number of hydrogen-bond donors (Lipinski definition) is 3. The van der Waals surface area contributed by atoms with E-state index in [-0.39, 0.29) is 18.2 Å². The number of furan rings is 1. The van der Waals surface area contributed by atoms with Crippen molar-refractivity contribution >= 4 is 22.8 Å². The second kappa shape index (κ2) is 6.35. The van der Waals surface area contributed by atoms with Crippen LogP contribution < -0.4 is 10.6 Å². The third-order valence-corrected chi connectivity index (χ3v) is 3.35. The van der Waals surface area contributed by atoms with Crippen LogP contribution in [0.4, 0.5) is 0 Å². The number of rotatable bonds is 5. The molecule has 0 saturated carbocycles. The largest absolute Gasteiger partial charge is 0.459 e. The van der Waals surface area contributed by atoms with Crippen molar-refractivity contribution in [3.05, 3.63) is 54.2 Å². The van der Waals surface area contributed by atoms with E-state index in [0.717, 1.165) is 11.0 Å². The third-order valence-electron chi connectivity index (χ3n) is 3.35. The number of nitrogens with one attached hydrogen (secondary N) is 3. The zero-order chi connectivity index (χ0) is 16.2. The molecule has 0 radical (unpaired) electrons. The van der Waals surface area contributed by atoms with Crippen molar-refractivity contribution in [1.82, 2.24) is 20.6 Å². The summed E-state index contributed by atoms with van der Waals surface area (Å²) in [5, 5.41) is 5.30. The van der Waals surface area contributed by atoms with E-state index in [1.807, 2.05) is 24.3 Å². The number of imidazole rings is 1. The summed E-state index contributed by atoms with van der Waals surface area (Å²) in [4.78, 5) is 31.3. The van der Waals surface area contributed by atoms with Gasteiger partial charge in [-0.1, -0.05) is 12.1 Å². The van der Waals surface area contributed by atoms with Crippen molar-refractivity contribution in [2.75, 3.05) is 0 Å². The van der Waals surface area contributed by atoms with E-state index in [2.05, 4.69) is 20.6 Å². The van der Waals surface area contributed by atoms with E-state index in [4.69, 9.17) is 4.42 Å². The molecule has 0 aliphatic heterocycles. The number of fused-ring (bicyclic) bond motifs is 1. The number of nitrogens with zero attached hydrogens (tertiary/aromatic N) is 1. The van der Waals surface area contributed by atoms with Crippen LogP contribution in [0.2, 0.25) is 0 Å². The molecular weight excluding hydrogens is 296 g/mol. The molecule has 0 saturated heterocycles. The molecule has 0 fully saturated rings. The molecule has 1 aromatic carbocycles. The molecule has 3 rings (SSSR count). The number of para-hydroxylation sites is 2. The highest BCUT2D eigenvalue weighted by Gasteiger charge is 2.18. The fourth-order valence-electron chi connectivity index (χ4n) is 2.15. The molecule has 0 spiro atoms. The first-order valence-corrected chi connectivity index (χ1v) is 7.19. The topological polar surface area (TPSA) is 100 Å². The average Bonchev–Trinajstić information content (AvgIpc) is 3.21. The number of carbonyl (C=O) groups excluding carboxylic acids is 2. The van der Waals surface area contributed by atoms with Crippen molar-refractivity contribution in [2.45, 2.75) is 19.5 Å². The number of amides is 2. The van der Waals surface area contributed by atoms with Gasteiger partial charge in [0.15, 0.2) is 5.76 Å². The van der Waals surface area contributed by atoms with E-state index in [0.29, 0.717) is 5.82 Å². The number of carbonyl (C=O) groups is 2. The highest BCUT2D eigenvalue weighted by molar-refractivity contribution is 5.95. The molecule has 2 aromatic heterocycles. The minimum Gasteiger partial charge on any atom is -0.459 e. The lowest BCUT2D eigenvalue weighted by Crippen LogP contribution is -2.44. The number of aromatic nitrogens is 2. The maximum Gasteiger partial charge on any atom is 0.287 e. The molecule has 7 heteroatoms. The Bertz CT molecular complexity index is 790. The lowest BCUT2D eigenvalue weighted by molar-refractivity contribution is -0.122. The molecule has 1 unspecified atom stereocenters. The highest BCUT2D eigenvalue weighted by atomic mass is 16.3. The molecule has 0 bridgehead atoms. The van der Waals surface area contributed by atoms with Crippen molar-refractivity contribution in [1.29, 1.82) is 0 Å². The molecule has 0 aliphatic carbocycles. The second-order valence-corrected chi connectivity index (χ2v) is 5.09. The molecule has 3 aromatic rings. The Kier molecular flexibility index (Phi) is 4.09. The first-order chi connectivity index (χ1) is 11.1. The molecule has 3 N–H and O–H groups in total. The lowest BCUT2D eigenvalue weighted by atomic mass is 10.3. The van der Waals surface area contributed by atoms with E-state index in [1.54, 1.807) is 13.0 Å². The molecule has 7 nitrogen and oxygen atoms in total. The standard InChI is InChI=1S/C16H16N4O3/c1-10(18-16(22)13-7-4-8-23-13)15(21)17-9-14-19-11-5-2-3-6-12(11)20-14/h2-8,10H,9H2,1H3,(H,17,21)(H,18,22)(H,19,20). The molecule has 2 amide bonds. The first kappa shape index (κ1) is 14.8. The number of aromatic amines is 1. The number of H-pyrrole nitrogens is 1. The van der Waals surface area contributed by atoms with E-state index < -0.39 is 11.9 Å². The Labute approximate surface area is 132 Å². The number of hydrogen-bond acceptors (Lipinski definition) is 4. The van der Waals surface area contributed by atoms with Crippen molar-refractivity contribution in [2.24, 2.45) is 0 Å². The van der Waals surface area contributed by atoms with Crippen LogP contribution in [0, 0.1) is 0 Å². The summed E-state index contributed by atoms with van der Waals surface area (Å²) in [7, 11) is 0. The van der Waals surface area contributed by atoms with Gasteiger partial charge in [0.25, 0.3) is 5.91 Å². The van der Waals surface area contributed by atoms with Gasteiger partial charge in [0.1, 0.15) is 11.9 Å². The van der Waals surface area contributed by atoms with Gasteiger partial charge in [-0.25, -0.2) is 4.98 Å². The van der Waals surface area contributed by atoms with Gasteiger partial charge in [0, 0.05) is 0 Å². The van der Waals surface area contributed by atoms with E-state index in [1.165, 1.54) is 12.3 Å². The van der Waals surface area contributed by atoms with Gasteiger partial charge in [-0.15, -0.1) is 0 Å². The Hall–Kier alpha value is -3.09. The third kappa shape index (κ3) is 3.39. The summed E-state index contributed by atoms with van der Waals surface area (Å²) < 4.78 is 4.98. The van der Waals surface area contributed by atoms with Crippen LogP contribution in [0.25, 0.3) is 11.0 Å². The molecule has 23 heavy (non-hydrogen) atoms. The molecule has 2 heterocycles. The zero-order valence-electron chi connectivity index (χ0n) is 12.5. The van der Waals surface area contributed by atoms with Gasteiger partial charge in [-0.2, -0.15) is 0 Å². The van der Waals surface area contributed by atoms with Crippen LogP contribution in [0.3, 0.4) is 0 Å². The van der Waals surface area contributed by atoms with Crippen LogP contribution >= 0.6 is 0 Å². The quantitative estimate of drug-likeness (QED) is 0.666. The highest BCUT2D eigenvalue weighted by Crippen LogP contribution is 2.09. The second-order valence-electron chi connectivity index (χ2n) is 5.09. The van der Waals surface area contributed by atoms with E-state index >= 15 is 0 Å². The molecule has 118 valence electrons. The summed E-state index contributed by atoms with van der Waals surface area (Å²) in [6, 6.07) is 10.1. The van der Waals surface area contributed by atoms with E-state index in [9.17, 15) is 9.59 Å². The Balaban J connectivity index is 1.55. The zero-order valence-corrected chi connectivity index (χ0v) is 12.5. The Morgan fingerprint density at radius 3 is 2.83 bits per heavy atom. The predicted octanol–water partition coefficient (Wildman–Crippen LogP) is 1.59. The Morgan fingerprint density at radius 2 is 2.09 bits per heavy atom. The van der Waals surface area contributed by atoms with Crippen LogP contribution in [-0.4, -0.2) is 27.8 Å². The van der Waals surface area contributed by atoms with Gasteiger partial charge in [-0.05, 0) is 31.2 Å². The van der Waals surface area contributed by atoms with Gasteiger partial charge in [0.2, 0.25) is 5.91 Å². The first-order valence-electron chi connectivity index (χ1n) is 7.19. The fraction of sp³-hybridized carbons (Fsp3) is 0.188. The van der Waals surface area contributed by atoms with Crippen LogP contribution in [0.1, 0.15) is 23.3 Å². The number of benzene rings is 1. The maximum atomic E-state index is 12.0.